The fourth-order valence-corrected chi connectivity index (χ4v) is 6.84. The van der Waals surface area contributed by atoms with E-state index in [1.807, 2.05) is 0 Å². The van der Waals surface area contributed by atoms with Crippen LogP contribution in [0.1, 0.15) is 66.2 Å². The van der Waals surface area contributed by atoms with E-state index in [0.717, 1.165) is 25.2 Å². The minimum Gasteiger partial charge on any atom is -0.418 e. The quantitative estimate of drug-likeness (QED) is 0.265. The van der Waals surface area contributed by atoms with Crippen molar-refractivity contribution < 1.29 is 14.0 Å². The van der Waals surface area contributed by atoms with Gasteiger partial charge in [-0.25, -0.2) is 0 Å². The lowest BCUT2D eigenvalue weighted by Crippen LogP contribution is -2.29. The van der Waals surface area contributed by atoms with Crippen molar-refractivity contribution in [2.24, 2.45) is 0 Å². The van der Waals surface area contributed by atoms with Crippen molar-refractivity contribution >= 4 is 43.2 Å². The van der Waals surface area contributed by atoms with Crippen molar-refractivity contribution in [3.8, 4) is 0 Å². The highest BCUT2D eigenvalue weighted by Gasteiger charge is 2.31. The first-order chi connectivity index (χ1) is 13.4. The fourth-order valence-electron chi connectivity index (χ4n) is 3.45. The third kappa shape index (κ3) is 6.58. The van der Waals surface area contributed by atoms with E-state index >= 15 is 0 Å². The van der Waals surface area contributed by atoms with Crippen LogP contribution in [0.2, 0.25) is 19.1 Å². The normalized spacial score (nSPS) is 14.6. The predicted octanol–water partition coefficient (Wildman–Crippen LogP) is 6.83. The van der Waals surface area contributed by atoms with Gasteiger partial charge in [0.1, 0.15) is 5.03 Å². The molecule has 0 aliphatic heterocycles. The maximum atomic E-state index is 12.6. The molecule has 1 aromatic rings. The maximum Gasteiger partial charge on any atom is 0.206 e. The molecule has 0 saturated heterocycles. The van der Waals surface area contributed by atoms with Crippen LogP contribution >= 0.6 is 23.4 Å². The highest BCUT2D eigenvalue weighted by Crippen LogP contribution is 2.35. The molecular weight excluding hydrogens is 408 g/mol. The van der Waals surface area contributed by atoms with Crippen molar-refractivity contribution in [3.63, 3.8) is 0 Å². The number of Topliss-reactive ketones (excluding diaryl/α,β-unsaturated/α-hetero) is 2. The molecule has 0 aromatic heterocycles. The molecule has 0 bridgehead atoms. The summed E-state index contributed by atoms with van der Waals surface area (Å²) < 4.78 is 5.86. The van der Waals surface area contributed by atoms with Crippen LogP contribution in [-0.4, -0.2) is 32.2 Å². The molecule has 154 valence electrons. The van der Waals surface area contributed by atoms with E-state index in [4.69, 9.17) is 16.0 Å². The van der Waals surface area contributed by atoms with E-state index < -0.39 is 8.32 Å². The number of ketones is 2. The Morgan fingerprint density at radius 2 is 1.50 bits per heavy atom. The van der Waals surface area contributed by atoms with Gasteiger partial charge in [0.15, 0.2) is 8.32 Å². The van der Waals surface area contributed by atoms with E-state index in [2.05, 4.69) is 20.0 Å². The van der Waals surface area contributed by atoms with Crippen LogP contribution in [0.15, 0.2) is 34.2 Å². The highest BCUT2D eigenvalue weighted by atomic mass is 35.5. The number of rotatable bonds is 12. The van der Waals surface area contributed by atoms with E-state index in [9.17, 15) is 9.59 Å². The number of hydrogen-bond donors (Lipinski definition) is 0. The number of carbonyl (C=O) groups is 2. The highest BCUT2D eigenvalue weighted by molar-refractivity contribution is 8.04. The first kappa shape index (κ1) is 23.4. The van der Waals surface area contributed by atoms with Crippen LogP contribution in [0.25, 0.3) is 0 Å². The number of benzene rings is 1. The topological polar surface area (TPSA) is 43.4 Å². The van der Waals surface area contributed by atoms with Gasteiger partial charge in [-0.15, -0.1) is 11.8 Å². The van der Waals surface area contributed by atoms with Crippen molar-refractivity contribution in [3.05, 3.63) is 45.3 Å². The van der Waals surface area contributed by atoms with Crippen LogP contribution in [0.3, 0.4) is 0 Å². The number of allylic oxidation sites excluding steroid dienone is 2. The first-order valence-electron chi connectivity index (χ1n) is 10.2. The lowest BCUT2D eigenvalue weighted by Gasteiger charge is -2.21. The van der Waals surface area contributed by atoms with Crippen molar-refractivity contribution in [2.75, 3.05) is 12.4 Å². The minimum absolute atomic E-state index is 0.0785. The zero-order chi connectivity index (χ0) is 20.6. The summed E-state index contributed by atoms with van der Waals surface area (Å²) >= 11 is 7.62. The lowest BCUT2D eigenvalue weighted by molar-refractivity contribution is 0.0987. The van der Waals surface area contributed by atoms with Crippen molar-refractivity contribution in [2.45, 2.75) is 64.6 Å². The van der Waals surface area contributed by atoms with E-state index in [1.54, 1.807) is 24.3 Å². The molecule has 1 aliphatic carbocycles. The van der Waals surface area contributed by atoms with Crippen LogP contribution < -0.4 is 0 Å². The predicted molar refractivity (Wildman–Crippen MR) is 122 cm³/mol. The smallest absolute Gasteiger partial charge is 0.206 e. The number of halogens is 1. The van der Waals surface area contributed by atoms with Gasteiger partial charge in [-0.2, -0.15) is 0 Å². The number of hydrogen-bond acceptors (Lipinski definition) is 4. The molecule has 0 fully saturated rings. The lowest BCUT2D eigenvalue weighted by atomic mass is 9.95. The molecule has 3 nitrogen and oxygen atoms in total. The second-order valence-corrected chi connectivity index (χ2v) is 13.6. The molecule has 0 atom stereocenters. The van der Waals surface area contributed by atoms with Gasteiger partial charge < -0.3 is 4.43 Å². The van der Waals surface area contributed by atoms with E-state index in [0.29, 0.717) is 16.0 Å². The zero-order valence-corrected chi connectivity index (χ0v) is 19.8. The van der Waals surface area contributed by atoms with Crippen molar-refractivity contribution in [1.29, 1.82) is 0 Å². The first-order valence-corrected chi connectivity index (χ1v) is 14.7. The number of thioether (sulfide) groups is 1. The molecule has 6 heteroatoms. The Bertz CT molecular complexity index is 730. The number of fused-ring (bicyclic) bond motifs is 1. The van der Waals surface area contributed by atoms with Gasteiger partial charge in [-0.3, -0.25) is 9.59 Å². The zero-order valence-electron chi connectivity index (χ0n) is 17.2. The van der Waals surface area contributed by atoms with Crippen LogP contribution in [0, 0.1) is 0 Å². The van der Waals surface area contributed by atoms with Crippen LogP contribution in [0.5, 0.6) is 0 Å². The third-order valence-electron chi connectivity index (χ3n) is 4.98. The molecule has 28 heavy (non-hydrogen) atoms. The number of carbonyl (C=O) groups excluding carboxylic acids is 2. The summed E-state index contributed by atoms with van der Waals surface area (Å²) in [5, 5.41) is 0.0785. The minimum atomic E-state index is -1.43. The molecule has 0 N–H and O–H groups in total. The second kappa shape index (κ2) is 11.3. The SMILES string of the molecule is CCO[Si](C)(C)CCCCCCCCSC1=C(Cl)C(=O)c2ccccc2C1=O. The summed E-state index contributed by atoms with van der Waals surface area (Å²) in [5.74, 6) is 0.459. The Kier molecular flexibility index (Phi) is 9.48. The van der Waals surface area contributed by atoms with Gasteiger partial charge >= 0.3 is 0 Å². The van der Waals surface area contributed by atoms with Crippen LogP contribution in [-0.2, 0) is 4.43 Å². The molecule has 0 spiro atoms. The number of unbranched alkanes of at least 4 members (excludes halogenated alkanes) is 5. The monoisotopic (exact) mass is 438 g/mol. The molecule has 1 aliphatic rings. The fraction of sp³-hybridized carbons (Fsp3) is 0.545. The van der Waals surface area contributed by atoms with Gasteiger partial charge in [-0.1, -0.05) is 68.0 Å². The Labute approximate surface area is 179 Å². The Balaban J connectivity index is 1.66. The largest absolute Gasteiger partial charge is 0.418 e. The summed E-state index contributed by atoms with van der Waals surface area (Å²) in [6.07, 6.45) is 7.14. The molecule has 0 amide bonds. The Hall–Kier alpha value is -0.883. The van der Waals surface area contributed by atoms with Gasteiger partial charge in [0.25, 0.3) is 0 Å². The standard InChI is InChI=1S/C22H31ClO3SSi/c1-4-26-28(2,3)16-12-8-6-5-7-11-15-27-22-19(23)20(24)17-13-9-10-14-18(17)21(22)25/h9-10,13-14H,4-8,11-12,15-16H2,1-3H3. The summed E-state index contributed by atoms with van der Waals surface area (Å²) in [6, 6.07) is 8.14. The Morgan fingerprint density at radius 1 is 0.929 bits per heavy atom. The summed E-state index contributed by atoms with van der Waals surface area (Å²) in [6.45, 7) is 7.50. The summed E-state index contributed by atoms with van der Waals surface area (Å²) in [7, 11) is -1.43. The van der Waals surface area contributed by atoms with Gasteiger partial charge in [0, 0.05) is 17.7 Å². The average Bonchev–Trinajstić information content (AvgIpc) is 2.67. The van der Waals surface area contributed by atoms with Crippen molar-refractivity contribution in [1.82, 2.24) is 0 Å². The molecule has 0 heterocycles. The maximum absolute atomic E-state index is 12.6. The van der Waals surface area contributed by atoms with E-state index in [1.165, 1.54) is 43.5 Å². The molecular formula is C22H31ClO3SSi. The summed E-state index contributed by atoms with van der Waals surface area (Å²) in [4.78, 5) is 25.4. The molecule has 0 unspecified atom stereocenters. The summed E-state index contributed by atoms with van der Waals surface area (Å²) in [5.41, 5.74) is 0.885. The Morgan fingerprint density at radius 3 is 2.14 bits per heavy atom. The van der Waals surface area contributed by atoms with E-state index in [-0.39, 0.29) is 16.6 Å². The molecule has 0 saturated carbocycles. The van der Waals surface area contributed by atoms with Crippen LogP contribution in [0.4, 0.5) is 0 Å². The molecule has 0 radical (unpaired) electrons. The van der Waals surface area contributed by atoms with Gasteiger partial charge in [0.05, 0.1) is 4.91 Å². The molecule has 2 rings (SSSR count). The average molecular weight is 439 g/mol. The third-order valence-corrected chi connectivity index (χ3v) is 9.25. The van der Waals surface area contributed by atoms with Gasteiger partial charge in [-0.05, 0) is 38.2 Å². The molecule has 1 aromatic carbocycles. The second-order valence-electron chi connectivity index (χ2n) is 7.76. The van der Waals surface area contributed by atoms with Gasteiger partial charge in [0.2, 0.25) is 11.6 Å².